The average Bonchev–Trinajstić information content (AvgIpc) is 2.28. The molecule has 0 atom stereocenters. The summed E-state index contributed by atoms with van der Waals surface area (Å²) in [6.45, 7) is 1.88. The normalized spacial score (nSPS) is 10.6. The largest absolute Gasteiger partial charge is 0.462 e. The van der Waals surface area contributed by atoms with Gasteiger partial charge in [-0.1, -0.05) is 6.07 Å². The zero-order valence-electron chi connectivity index (χ0n) is 9.50. The summed E-state index contributed by atoms with van der Waals surface area (Å²) in [5, 5.41) is 0. The van der Waals surface area contributed by atoms with E-state index in [-0.39, 0.29) is 28.3 Å². The highest BCUT2D eigenvalue weighted by atomic mass is 32.2. The number of ether oxygens (including phenoxy) is 1. The molecule has 0 fully saturated rings. The van der Waals surface area contributed by atoms with E-state index in [1.807, 2.05) is 0 Å². The summed E-state index contributed by atoms with van der Waals surface area (Å²) in [5.74, 6) is -0.596. The lowest BCUT2D eigenvalue weighted by molar-refractivity contribution is 0.0527. The Morgan fingerprint density at radius 2 is 2.18 bits per heavy atom. The molecule has 0 aliphatic heterocycles. The standard InChI is InChI=1S/C11H13F2NO2S/c1-3-16-11(15)6-4-5-7(10(12)13)9(17-2)8(6)14/h4-5,10H,3,14H2,1-2H3. The van der Waals surface area contributed by atoms with Gasteiger partial charge in [0, 0.05) is 10.5 Å². The Kier molecular flexibility index (Phi) is 4.74. The first kappa shape index (κ1) is 13.8. The molecule has 0 aliphatic rings. The minimum atomic E-state index is -2.61. The smallest absolute Gasteiger partial charge is 0.340 e. The fraction of sp³-hybridized carbons (Fsp3) is 0.364. The van der Waals surface area contributed by atoms with E-state index in [1.165, 1.54) is 12.1 Å². The Hall–Kier alpha value is -1.30. The number of carbonyl (C=O) groups is 1. The van der Waals surface area contributed by atoms with E-state index in [0.29, 0.717) is 0 Å². The molecule has 6 heteroatoms. The van der Waals surface area contributed by atoms with Crippen molar-refractivity contribution in [3.05, 3.63) is 23.3 Å². The Labute approximate surface area is 102 Å². The molecule has 94 valence electrons. The lowest BCUT2D eigenvalue weighted by atomic mass is 10.1. The molecule has 0 amide bonds. The number of carbonyl (C=O) groups excluding carboxylic acids is 1. The number of anilines is 1. The maximum Gasteiger partial charge on any atom is 0.340 e. The van der Waals surface area contributed by atoms with Crippen molar-refractivity contribution in [2.24, 2.45) is 0 Å². The van der Waals surface area contributed by atoms with Crippen LogP contribution in [0.3, 0.4) is 0 Å². The summed E-state index contributed by atoms with van der Waals surface area (Å²) in [6.07, 6.45) is -0.983. The Morgan fingerprint density at radius 3 is 2.65 bits per heavy atom. The van der Waals surface area contributed by atoms with E-state index in [4.69, 9.17) is 10.5 Å². The fourth-order valence-corrected chi connectivity index (χ4v) is 2.13. The van der Waals surface area contributed by atoms with E-state index in [2.05, 4.69) is 0 Å². The lowest BCUT2D eigenvalue weighted by Gasteiger charge is -2.13. The third kappa shape index (κ3) is 2.88. The first-order valence-electron chi connectivity index (χ1n) is 4.94. The van der Waals surface area contributed by atoms with Crippen LogP contribution in [0.4, 0.5) is 14.5 Å². The number of alkyl halides is 2. The molecule has 0 aliphatic carbocycles. The molecule has 0 saturated heterocycles. The van der Waals surface area contributed by atoms with E-state index in [1.54, 1.807) is 13.2 Å². The van der Waals surface area contributed by atoms with Crippen LogP contribution in [0, 0.1) is 0 Å². The number of hydrogen-bond acceptors (Lipinski definition) is 4. The molecule has 0 unspecified atom stereocenters. The number of esters is 1. The van der Waals surface area contributed by atoms with Crippen LogP contribution in [0.5, 0.6) is 0 Å². The van der Waals surface area contributed by atoms with Crippen molar-refractivity contribution < 1.29 is 18.3 Å². The van der Waals surface area contributed by atoms with Crippen LogP contribution in [0.25, 0.3) is 0 Å². The number of hydrogen-bond donors (Lipinski definition) is 1. The number of benzene rings is 1. The first-order chi connectivity index (χ1) is 8.02. The molecule has 0 saturated carbocycles. The Bertz CT molecular complexity index is 424. The van der Waals surface area contributed by atoms with Gasteiger partial charge in [-0.15, -0.1) is 11.8 Å². The number of nitrogens with two attached hydrogens (primary N) is 1. The van der Waals surface area contributed by atoms with Crippen LogP contribution >= 0.6 is 11.8 Å². The monoisotopic (exact) mass is 261 g/mol. The Morgan fingerprint density at radius 1 is 1.53 bits per heavy atom. The molecule has 0 bridgehead atoms. The van der Waals surface area contributed by atoms with Crippen LogP contribution in [-0.2, 0) is 4.74 Å². The summed E-state index contributed by atoms with van der Waals surface area (Å²) in [4.78, 5) is 11.7. The van der Waals surface area contributed by atoms with Gasteiger partial charge in [0.05, 0.1) is 17.9 Å². The van der Waals surface area contributed by atoms with Gasteiger partial charge in [0.25, 0.3) is 6.43 Å². The molecule has 0 heterocycles. The second-order valence-electron chi connectivity index (χ2n) is 3.17. The molecular weight excluding hydrogens is 248 g/mol. The van der Waals surface area contributed by atoms with Gasteiger partial charge in [-0.2, -0.15) is 0 Å². The summed E-state index contributed by atoms with van der Waals surface area (Å²) in [6, 6.07) is 2.48. The van der Waals surface area contributed by atoms with Crippen LogP contribution in [0.2, 0.25) is 0 Å². The van der Waals surface area contributed by atoms with Gasteiger partial charge in [0.2, 0.25) is 0 Å². The maximum absolute atomic E-state index is 12.7. The van der Waals surface area contributed by atoms with Crippen molar-refractivity contribution in [1.29, 1.82) is 0 Å². The molecule has 1 aromatic rings. The quantitative estimate of drug-likeness (QED) is 0.514. The van der Waals surface area contributed by atoms with Crippen molar-refractivity contribution in [1.82, 2.24) is 0 Å². The van der Waals surface area contributed by atoms with Crippen LogP contribution < -0.4 is 5.73 Å². The predicted octanol–water partition coefficient (Wildman–Crippen LogP) is 3.11. The summed E-state index contributed by atoms with van der Waals surface area (Å²) < 4.78 is 30.2. The van der Waals surface area contributed by atoms with Gasteiger partial charge in [-0.3, -0.25) is 0 Å². The van der Waals surface area contributed by atoms with Gasteiger partial charge in [-0.25, -0.2) is 13.6 Å². The van der Waals surface area contributed by atoms with Crippen LogP contribution in [-0.4, -0.2) is 18.8 Å². The van der Waals surface area contributed by atoms with E-state index < -0.39 is 12.4 Å². The van der Waals surface area contributed by atoms with Gasteiger partial charge in [0.1, 0.15) is 0 Å². The van der Waals surface area contributed by atoms with Crippen LogP contribution in [0.1, 0.15) is 29.3 Å². The number of halogens is 2. The topological polar surface area (TPSA) is 52.3 Å². The SMILES string of the molecule is CCOC(=O)c1ccc(C(F)F)c(SC)c1N. The van der Waals surface area contributed by atoms with E-state index in [0.717, 1.165) is 11.8 Å². The fourth-order valence-electron chi connectivity index (χ4n) is 1.40. The molecule has 0 aromatic heterocycles. The third-order valence-corrected chi connectivity index (χ3v) is 3.02. The molecule has 1 aromatic carbocycles. The highest BCUT2D eigenvalue weighted by Gasteiger charge is 2.20. The highest BCUT2D eigenvalue weighted by molar-refractivity contribution is 7.98. The molecule has 0 spiro atoms. The second-order valence-corrected chi connectivity index (χ2v) is 3.99. The first-order valence-corrected chi connectivity index (χ1v) is 6.17. The van der Waals surface area contributed by atoms with Crippen molar-refractivity contribution >= 4 is 23.4 Å². The van der Waals surface area contributed by atoms with E-state index in [9.17, 15) is 13.6 Å². The predicted molar refractivity (Wildman–Crippen MR) is 63.5 cm³/mol. The van der Waals surface area contributed by atoms with Crippen molar-refractivity contribution in [3.8, 4) is 0 Å². The maximum atomic E-state index is 12.7. The van der Waals surface area contributed by atoms with Gasteiger partial charge in [0.15, 0.2) is 0 Å². The van der Waals surface area contributed by atoms with Crippen molar-refractivity contribution in [3.63, 3.8) is 0 Å². The van der Waals surface area contributed by atoms with Crippen molar-refractivity contribution in [2.45, 2.75) is 18.2 Å². The number of nitrogen functional groups attached to an aromatic ring is 1. The van der Waals surface area contributed by atoms with Gasteiger partial charge in [-0.05, 0) is 19.2 Å². The zero-order valence-corrected chi connectivity index (χ0v) is 10.3. The zero-order chi connectivity index (χ0) is 13.0. The van der Waals surface area contributed by atoms with Crippen molar-refractivity contribution in [2.75, 3.05) is 18.6 Å². The van der Waals surface area contributed by atoms with Gasteiger partial charge < -0.3 is 10.5 Å². The summed E-state index contributed by atoms with van der Waals surface area (Å²) in [5.41, 5.74) is 5.72. The average molecular weight is 261 g/mol. The molecule has 2 N–H and O–H groups in total. The highest BCUT2D eigenvalue weighted by Crippen LogP contribution is 2.35. The summed E-state index contributed by atoms with van der Waals surface area (Å²) in [7, 11) is 0. The third-order valence-electron chi connectivity index (χ3n) is 2.16. The molecular formula is C11H13F2NO2S. The molecule has 3 nitrogen and oxygen atoms in total. The van der Waals surface area contributed by atoms with Gasteiger partial charge >= 0.3 is 5.97 Å². The molecule has 0 radical (unpaired) electrons. The van der Waals surface area contributed by atoms with E-state index >= 15 is 0 Å². The van der Waals surface area contributed by atoms with Crippen LogP contribution in [0.15, 0.2) is 17.0 Å². The molecule has 1 rings (SSSR count). The molecule has 17 heavy (non-hydrogen) atoms. The second kappa shape index (κ2) is 5.86. The number of thioether (sulfide) groups is 1. The minimum absolute atomic E-state index is 0.0498. The summed E-state index contributed by atoms with van der Waals surface area (Å²) >= 11 is 1.09. The Balaban J connectivity index is 3.24. The minimum Gasteiger partial charge on any atom is -0.462 e. The number of rotatable bonds is 4. The lowest BCUT2D eigenvalue weighted by Crippen LogP contribution is -2.10.